The van der Waals surface area contributed by atoms with E-state index in [-0.39, 0.29) is 17.5 Å². The lowest BCUT2D eigenvalue weighted by atomic mass is 9.87. The van der Waals surface area contributed by atoms with Crippen LogP contribution in [0.15, 0.2) is 48.7 Å². The summed E-state index contributed by atoms with van der Waals surface area (Å²) >= 11 is 0. The number of rotatable bonds is 8. The maximum Gasteiger partial charge on any atom is 0.254 e. The molecule has 1 aliphatic rings. The zero-order valence-corrected chi connectivity index (χ0v) is 19.4. The van der Waals surface area contributed by atoms with Gasteiger partial charge in [0.1, 0.15) is 17.2 Å². The van der Waals surface area contributed by atoms with Crippen LogP contribution in [0, 0.1) is 5.82 Å². The Morgan fingerprint density at radius 3 is 2.53 bits per heavy atom. The lowest BCUT2D eigenvalue weighted by Crippen LogP contribution is -2.51. The molecule has 180 valence electrons. The van der Waals surface area contributed by atoms with Crippen molar-refractivity contribution in [2.75, 3.05) is 29.9 Å². The second-order valence-electron chi connectivity index (χ2n) is 8.75. The Kier molecular flexibility index (Phi) is 6.69. The fourth-order valence-corrected chi connectivity index (χ4v) is 4.13. The van der Waals surface area contributed by atoms with Gasteiger partial charge in [0.05, 0.1) is 11.6 Å². The minimum atomic E-state index is -0.605. The molecule has 0 unspecified atom stereocenters. The largest absolute Gasteiger partial charge is 0.475 e. The molecule has 1 fully saturated rings. The molecular formula is C24H30FN7O2. The van der Waals surface area contributed by atoms with Gasteiger partial charge in [-0.2, -0.15) is 10.1 Å². The van der Waals surface area contributed by atoms with E-state index in [2.05, 4.69) is 20.3 Å². The average molecular weight is 468 g/mol. The number of amides is 1. The van der Waals surface area contributed by atoms with Crippen LogP contribution in [-0.4, -0.2) is 46.4 Å². The monoisotopic (exact) mass is 467 g/mol. The number of nitrogens with two attached hydrogens (primary N) is 2. The summed E-state index contributed by atoms with van der Waals surface area (Å²) in [4.78, 5) is 18.9. The number of anilines is 3. The van der Waals surface area contributed by atoms with Crippen molar-refractivity contribution >= 4 is 23.2 Å². The Morgan fingerprint density at radius 2 is 1.91 bits per heavy atom. The highest BCUT2D eigenvalue weighted by Crippen LogP contribution is 2.33. The fourth-order valence-electron chi connectivity index (χ4n) is 4.13. The highest BCUT2D eigenvalue weighted by molar-refractivity contribution is 5.98. The van der Waals surface area contributed by atoms with Crippen LogP contribution < -0.4 is 26.4 Å². The number of benzene rings is 1. The molecule has 0 saturated carbocycles. The molecule has 1 aliphatic heterocycles. The number of halogens is 1. The predicted molar refractivity (Wildman–Crippen MR) is 129 cm³/mol. The molecule has 1 saturated heterocycles. The summed E-state index contributed by atoms with van der Waals surface area (Å²) < 4.78 is 20.7. The maximum absolute atomic E-state index is 13.3. The summed E-state index contributed by atoms with van der Waals surface area (Å²) in [7, 11) is 0. The summed E-state index contributed by atoms with van der Waals surface area (Å²) in [5, 5.41) is 7.70. The van der Waals surface area contributed by atoms with Crippen LogP contribution in [0.3, 0.4) is 0 Å². The summed E-state index contributed by atoms with van der Waals surface area (Å²) in [6.45, 7) is 5.70. The van der Waals surface area contributed by atoms with Crippen LogP contribution in [0.2, 0.25) is 0 Å². The number of primary amides is 1. The van der Waals surface area contributed by atoms with Crippen LogP contribution in [-0.2, 0) is 5.54 Å². The third-order valence-electron chi connectivity index (χ3n) is 6.04. The first-order valence-corrected chi connectivity index (χ1v) is 11.3. The van der Waals surface area contributed by atoms with Crippen molar-refractivity contribution in [1.29, 1.82) is 0 Å². The minimum absolute atomic E-state index is 0.0472. The van der Waals surface area contributed by atoms with Gasteiger partial charge in [0.2, 0.25) is 5.88 Å². The Labute approximate surface area is 197 Å². The van der Waals surface area contributed by atoms with E-state index in [0.717, 1.165) is 5.82 Å². The Balaban J connectivity index is 1.54. The van der Waals surface area contributed by atoms with Crippen molar-refractivity contribution in [3.63, 3.8) is 0 Å². The lowest BCUT2D eigenvalue weighted by Gasteiger charge is -2.41. The third-order valence-corrected chi connectivity index (χ3v) is 6.04. The molecule has 0 spiro atoms. The molecule has 0 bridgehead atoms. The quantitative estimate of drug-likeness (QED) is 0.465. The maximum atomic E-state index is 13.3. The molecule has 2 aromatic heterocycles. The van der Waals surface area contributed by atoms with E-state index >= 15 is 0 Å². The van der Waals surface area contributed by atoms with Crippen molar-refractivity contribution in [2.24, 2.45) is 11.5 Å². The Hall–Kier alpha value is -3.66. The molecule has 0 aliphatic carbocycles. The molecule has 4 rings (SSSR count). The van der Waals surface area contributed by atoms with Crippen LogP contribution in [0.1, 0.15) is 37.0 Å². The smallest absolute Gasteiger partial charge is 0.254 e. The zero-order chi connectivity index (χ0) is 24.3. The molecule has 34 heavy (non-hydrogen) atoms. The number of hydrogen-bond acceptors (Lipinski definition) is 7. The van der Waals surface area contributed by atoms with Crippen LogP contribution in [0.25, 0.3) is 0 Å². The number of ether oxygens (including phenoxy) is 1. The van der Waals surface area contributed by atoms with Gasteiger partial charge in [0.15, 0.2) is 5.82 Å². The van der Waals surface area contributed by atoms with Gasteiger partial charge in [-0.15, -0.1) is 0 Å². The van der Waals surface area contributed by atoms with Gasteiger partial charge < -0.3 is 26.4 Å². The second kappa shape index (κ2) is 9.68. The van der Waals surface area contributed by atoms with E-state index in [1.54, 1.807) is 23.0 Å². The minimum Gasteiger partial charge on any atom is -0.475 e. The number of carbonyl (C=O) groups is 1. The van der Waals surface area contributed by atoms with Gasteiger partial charge >= 0.3 is 0 Å². The second-order valence-corrected chi connectivity index (χ2v) is 8.75. The van der Waals surface area contributed by atoms with Gasteiger partial charge in [-0.1, -0.05) is 6.07 Å². The summed E-state index contributed by atoms with van der Waals surface area (Å²) in [5.74, 6) is 0.801. The molecular weight excluding hydrogens is 437 g/mol. The first-order valence-electron chi connectivity index (χ1n) is 11.3. The normalized spacial score (nSPS) is 15.4. The molecule has 10 heteroatoms. The standard InChI is InChI=1S/C24H30FN7O2/c1-16(2)34-21-5-3-4-20(29-21)31-12-10-24(15-26,11-13-31)32-14-19(22(27)33)23(30-32)28-18-8-6-17(25)7-9-18/h3-9,14,16H,10-13,15,26H2,1-2H3,(H2,27,33)(H,28,30). The third kappa shape index (κ3) is 4.96. The van der Waals surface area contributed by atoms with Gasteiger partial charge in [0, 0.05) is 37.6 Å². The van der Waals surface area contributed by atoms with Crippen molar-refractivity contribution in [3.05, 3.63) is 60.0 Å². The van der Waals surface area contributed by atoms with Crippen molar-refractivity contribution in [3.8, 4) is 5.88 Å². The van der Waals surface area contributed by atoms with Crippen molar-refractivity contribution < 1.29 is 13.9 Å². The molecule has 3 heterocycles. The number of hydrogen-bond donors (Lipinski definition) is 3. The van der Waals surface area contributed by atoms with E-state index in [4.69, 9.17) is 16.2 Å². The molecule has 1 amide bonds. The van der Waals surface area contributed by atoms with E-state index < -0.39 is 11.4 Å². The topological polar surface area (TPSA) is 124 Å². The summed E-state index contributed by atoms with van der Waals surface area (Å²) in [5.41, 5.74) is 12.2. The Morgan fingerprint density at radius 1 is 1.21 bits per heavy atom. The summed E-state index contributed by atoms with van der Waals surface area (Å²) in [6.07, 6.45) is 3.10. The van der Waals surface area contributed by atoms with Gasteiger partial charge in [0.25, 0.3) is 5.91 Å². The van der Waals surface area contributed by atoms with Gasteiger partial charge in [-0.3, -0.25) is 9.48 Å². The molecule has 0 atom stereocenters. The van der Waals surface area contributed by atoms with Crippen LogP contribution in [0.4, 0.5) is 21.7 Å². The van der Waals surface area contributed by atoms with Gasteiger partial charge in [-0.25, -0.2) is 4.39 Å². The number of carbonyl (C=O) groups excluding carboxylic acids is 1. The average Bonchev–Trinajstić information content (AvgIpc) is 3.25. The van der Waals surface area contributed by atoms with Crippen LogP contribution in [0.5, 0.6) is 5.88 Å². The van der Waals surface area contributed by atoms with E-state index in [1.165, 1.54) is 12.1 Å². The lowest BCUT2D eigenvalue weighted by molar-refractivity contribution is 0.100. The van der Waals surface area contributed by atoms with Crippen LogP contribution >= 0.6 is 0 Å². The number of nitrogens with zero attached hydrogens (tertiary/aromatic N) is 4. The number of pyridine rings is 1. The Bertz CT molecular complexity index is 1140. The number of piperidine rings is 1. The molecule has 3 aromatic rings. The first-order chi connectivity index (χ1) is 16.3. The zero-order valence-electron chi connectivity index (χ0n) is 19.4. The number of nitrogens with one attached hydrogen (secondary N) is 1. The van der Waals surface area contributed by atoms with E-state index in [9.17, 15) is 9.18 Å². The highest BCUT2D eigenvalue weighted by atomic mass is 19.1. The highest BCUT2D eigenvalue weighted by Gasteiger charge is 2.37. The molecule has 5 N–H and O–H groups in total. The van der Waals surface area contributed by atoms with E-state index in [1.807, 2.05) is 32.0 Å². The molecule has 9 nitrogen and oxygen atoms in total. The van der Waals surface area contributed by atoms with Crippen molar-refractivity contribution in [2.45, 2.75) is 38.3 Å². The molecule has 1 aromatic carbocycles. The van der Waals surface area contributed by atoms with Crippen molar-refractivity contribution in [1.82, 2.24) is 14.8 Å². The predicted octanol–water partition coefficient (Wildman–Crippen LogP) is 3.00. The SMILES string of the molecule is CC(C)Oc1cccc(N2CCC(CN)(n3cc(C(N)=O)c(Nc4ccc(F)cc4)n3)CC2)n1. The van der Waals surface area contributed by atoms with E-state index in [0.29, 0.717) is 49.9 Å². The summed E-state index contributed by atoms with van der Waals surface area (Å²) in [6, 6.07) is 11.5. The molecule has 0 radical (unpaired) electrons. The number of aromatic nitrogens is 3. The first kappa shape index (κ1) is 23.5. The van der Waals surface area contributed by atoms with Gasteiger partial charge in [-0.05, 0) is 57.0 Å². The fraction of sp³-hybridized carbons (Fsp3) is 0.375.